The van der Waals surface area contributed by atoms with Crippen molar-refractivity contribution in [3.8, 4) is 0 Å². The third kappa shape index (κ3) is 0.978. The molecule has 0 saturated carbocycles. The highest BCUT2D eigenvalue weighted by molar-refractivity contribution is 5.78. The van der Waals surface area contributed by atoms with Crippen LogP contribution in [0.2, 0.25) is 0 Å². The van der Waals surface area contributed by atoms with Gasteiger partial charge in [-0.2, -0.15) is 0 Å². The first-order valence-electron chi connectivity index (χ1n) is 3.98. The van der Waals surface area contributed by atoms with Crippen LogP contribution < -0.4 is 0 Å². The summed E-state index contributed by atoms with van der Waals surface area (Å²) in [7, 11) is 0. The van der Waals surface area contributed by atoms with E-state index in [1.807, 2.05) is 6.07 Å². The molecule has 3 heteroatoms. The van der Waals surface area contributed by atoms with E-state index in [2.05, 4.69) is 24.0 Å². The largest absolute Gasteiger partial charge is 0.356 e. The van der Waals surface area contributed by atoms with Crippen LogP contribution >= 0.6 is 0 Å². The van der Waals surface area contributed by atoms with Crippen LogP contribution in [0.4, 0.5) is 0 Å². The van der Waals surface area contributed by atoms with Crippen molar-refractivity contribution in [3.05, 3.63) is 24.2 Å². The molecule has 0 N–H and O–H groups in total. The summed E-state index contributed by atoms with van der Waals surface area (Å²) in [5.74, 6) is 0.410. The quantitative estimate of drug-likeness (QED) is 0.646. The van der Waals surface area contributed by atoms with Crippen molar-refractivity contribution in [1.82, 2.24) is 10.1 Å². The number of aromatic nitrogens is 2. The van der Waals surface area contributed by atoms with Crippen molar-refractivity contribution in [2.45, 2.75) is 19.8 Å². The van der Waals surface area contributed by atoms with Crippen molar-refractivity contribution < 1.29 is 4.52 Å². The minimum atomic E-state index is 0.410. The Labute approximate surface area is 70.4 Å². The topological polar surface area (TPSA) is 38.9 Å². The molecule has 0 unspecified atom stereocenters. The maximum absolute atomic E-state index is 5.02. The summed E-state index contributed by atoms with van der Waals surface area (Å²) in [6.07, 6.45) is 3.47. The summed E-state index contributed by atoms with van der Waals surface area (Å²) < 4.78 is 5.02. The smallest absolute Gasteiger partial charge is 0.170 e. The normalized spacial score (nSPS) is 11.2. The lowest BCUT2D eigenvalue weighted by atomic mass is 10.1. The third-order valence-corrected chi connectivity index (χ3v) is 1.86. The predicted molar refractivity (Wildman–Crippen MR) is 45.9 cm³/mol. The van der Waals surface area contributed by atoms with Gasteiger partial charge in [0.15, 0.2) is 5.58 Å². The average Bonchev–Trinajstić information content (AvgIpc) is 2.49. The fraction of sp³-hybridized carbons (Fsp3) is 0.333. The minimum absolute atomic E-state index is 0.410. The lowest BCUT2D eigenvalue weighted by molar-refractivity contribution is 0.456. The fourth-order valence-corrected chi connectivity index (χ4v) is 1.28. The molecule has 12 heavy (non-hydrogen) atoms. The zero-order chi connectivity index (χ0) is 8.55. The molecule has 0 aromatic carbocycles. The van der Waals surface area contributed by atoms with Gasteiger partial charge in [-0.25, -0.2) is 0 Å². The maximum Gasteiger partial charge on any atom is 0.170 e. The number of fused-ring (bicyclic) bond motifs is 1. The van der Waals surface area contributed by atoms with Gasteiger partial charge in [-0.05, 0) is 5.92 Å². The number of nitrogens with zero attached hydrogens (tertiary/aromatic N) is 2. The molecule has 0 bridgehead atoms. The van der Waals surface area contributed by atoms with E-state index >= 15 is 0 Å². The van der Waals surface area contributed by atoms with Gasteiger partial charge < -0.3 is 4.52 Å². The molecule has 2 rings (SSSR count). The predicted octanol–water partition coefficient (Wildman–Crippen LogP) is 2.35. The van der Waals surface area contributed by atoms with Gasteiger partial charge in [0.25, 0.3) is 0 Å². The molecule has 0 spiro atoms. The number of hydrogen-bond donors (Lipinski definition) is 0. The second-order valence-electron chi connectivity index (χ2n) is 3.09. The van der Waals surface area contributed by atoms with Gasteiger partial charge in [-0.1, -0.05) is 19.0 Å². The molecule has 0 aliphatic heterocycles. The van der Waals surface area contributed by atoms with Gasteiger partial charge >= 0.3 is 0 Å². The molecule has 0 radical (unpaired) electrons. The Morgan fingerprint density at radius 2 is 2.25 bits per heavy atom. The molecule has 2 aromatic rings. The van der Waals surface area contributed by atoms with Crippen LogP contribution in [0.1, 0.15) is 25.5 Å². The van der Waals surface area contributed by atoms with Gasteiger partial charge in [0.05, 0.1) is 17.3 Å². The summed E-state index contributed by atoms with van der Waals surface area (Å²) in [5, 5.41) is 4.75. The van der Waals surface area contributed by atoms with E-state index in [-0.39, 0.29) is 0 Å². The molecule has 0 aliphatic rings. The van der Waals surface area contributed by atoms with Crippen LogP contribution in [0, 0.1) is 0 Å². The molecular formula is C9H10N2O. The lowest BCUT2D eigenvalue weighted by Crippen LogP contribution is -1.91. The monoisotopic (exact) mass is 162 g/mol. The molecular weight excluding hydrogens is 152 g/mol. The van der Waals surface area contributed by atoms with Crippen molar-refractivity contribution in [2.24, 2.45) is 0 Å². The van der Waals surface area contributed by atoms with Gasteiger partial charge in [-0.3, -0.25) is 4.98 Å². The van der Waals surface area contributed by atoms with Crippen molar-refractivity contribution in [2.75, 3.05) is 0 Å². The third-order valence-electron chi connectivity index (χ3n) is 1.86. The van der Waals surface area contributed by atoms with E-state index in [0.29, 0.717) is 5.92 Å². The highest BCUT2D eigenvalue weighted by atomic mass is 16.5. The standard InChI is InChI=1S/C9H10N2O/c1-6(2)9-7-5-11-12-8(7)3-4-10-9/h3-6H,1-2H3. The Morgan fingerprint density at radius 3 is 3.00 bits per heavy atom. The molecule has 2 heterocycles. The Hall–Kier alpha value is -1.38. The van der Waals surface area contributed by atoms with Gasteiger partial charge in [0, 0.05) is 12.3 Å². The first-order valence-corrected chi connectivity index (χ1v) is 3.98. The highest BCUT2D eigenvalue weighted by Gasteiger charge is 2.08. The zero-order valence-electron chi connectivity index (χ0n) is 7.11. The van der Waals surface area contributed by atoms with Gasteiger partial charge in [-0.15, -0.1) is 0 Å². The average molecular weight is 162 g/mol. The van der Waals surface area contributed by atoms with Crippen LogP contribution in [-0.4, -0.2) is 10.1 Å². The fourth-order valence-electron chi connectivity index (χ4n) is 1.28. The van der Waals surface area contributed by atoms with E-state index < -0.39 is 0 Å². The number of hydrogen-bond acceptors (Lipinski definition) is 3. The molecule has 0 saturated heterocycles. The second kappa shape index (κ2) is 2.59. The van der Waals surface area contributed by atoms with Crippen LogP contribution in [0.15, 0.2) is 23.0 Å². The van der Waals surface area contributed by atoms with E-state index in [4.69, 9.17) is 4.52 Å². The highest BCUT2D eigenvalue weighted by Crippen LogP contribution is 2.21. The Bertz CT molecular complexity index is 392. The Balaban J connectivity index is 2.73. The van der Waals surface area contributed by atoms with Crippen LogP contribution in [0.25, 0.3) is 11.0 Å². The molecule has 0 atom stereocenters. The summed E-state index contributed by atoms with van der Waals surface area (Å²) >= 11 is 0. The summed E-state index contributed by atoms with van der Waals surface area (Å²) in [6, 6.07) is 1.83. The Morgan fingerprint density at radius 1 is 1.42 bits per heavy atom. The van der Waals surface area contributed by atoms with Gasteiger partial charge in [0.2, 0.25) is 0 Å². The first-order chi connectivity index (χ1) is 5.79. The van der Waals surface area contributed by atoms with E-state index in [1.54, 1.807) is 12.4 Å². The van der Waals surface area contributed by atoms with Gasteiger partial charge in [0.1, 0.15) is 0 Å². The molecule has 3 nitrogen and oxygen atoms in total. The van der Waals surface area contributed by atoms with Crippen molar-refractivity contribution in [1.29, 1.82) is 0 Å². The van der Waals surface area contributed by atoms with E-state index in [9.17, 15) is 0 Å². The van der Waals surface area contributed by atoms with Crippen LogP contribution in [0.3, 0.4) is 0 Å². The van der Waals surface area contributed by atoms with E-state index in [0.717, 1.165) is 16.7 Å². The molecule has 62 valence electrons. The summed E-state index contributed by atoms with van der Waals surface area (Å²) in [5.41, 5.74) is 1.86. The number of pyridine rings is 1. The summed E-state index contributed by atoms with van der Waals surface area (Å²) in [6.45, 7) is 4.21. The van der Waals surface area contributed by atoms with Crippen LogP contribution in [-0.2, 0) is 0 Å². The zero-order valence-corrected chi connectivity index (χ0v) is 7.11. The van der Waals surface area contributed by atoms with E-state index in [1.165, 1.54) is 0 Å². The Kier molecular flexibility index (Phi) is 1.57. The SMILES string of the molecule is CC(C)c1nccc2oncc12. The van der Waals surface area contributed by atoms with Crippen molar-refractivity contribution in [3.63, 3.8) is 0 Å². The molecule has 0 amide bonds. The van der Waals surface area contributed by atoms with Crippen LogP contribution in [0.5, 0.6) is 0 Å². The first kappa shape index (κ1) is 7.28. The number of rotatable bonds is 1. The van der Waals surface area contributed by atoms with Crippen molar-refractivity contribution >= 4 is 11.0 Å². The lowest BCUT2D eigenvalue weighted by Gasteiger charge is -2.02. The minimum Gasteiger partial charge on any atom is -0.356 e. The summed E-state index contributed by atoms with van der Waals surface area (Å²) in [4.78, 5) is 4.28. The molecule has 0 fully saturated rings. The molecule has 2 aromatic heterocycles. The molecule has 0 aliphatic carbocycles. The second-order valence-corrected chi connectivity index (χ2v) is 3.09. The maximum atomic E-state index is 5.02.